The number of rotatable bonds is 14. The van der Waals surface area contributed by atoms with Gasteiger partial charge in [-0.05, 0) is 26.2 Å². The van der Waals surface area contributed by atoms with Crippen molar-refractivity contribution in [2.45, 2.75) is 81.5 Å². The van der Waals surface area contributed by atoms with Crippen LogP contribution in [0.5, 0.6) is 0 Å². The Bertz CT molecular complexity index is 853. The van der Waals surface area contributed by atoms with Crippen molar-refractivity contribution in [3.05, 3.63) is 25.3 Å². The third kappa shape index (κ3) is 4.90. The van der Waals surface area contributed by atoms with E-state index in [4.69, 9.17) is 4.74 Å². The number of hydrogen-bond donors (Lipinski definition) is 1. The minimum Gasteiger partial charge on any atom is -0.394 e. The first-order valence-corrected chi connectivity index (χ1v) is 14.2. The average molecular weight is 569 g/mol. The number of carbonyl (C=O) groups excluding carboxylic acids is 3. The zero-order valence-electron chi connectivity index (χ0n) is 21.9. The molecule has 0 aromatic carbocycles. The predicted octanol–water partition coefficient (Wildman–Crippen LogP) is 2.74. The lowest BCUT2D eigenvalue weighted by molar-refractivity contribution is -0.151. The molecule has 3 fully saturated rings. The molecule has 0 aromatic rings. The summed E-state index contributed by atoms with van der Waals surface area (Å²) in [6.07, 6.45) is 6.99. The molecule has 0 saturated carbocycles. The highest BCUT2D eigenvalue weighted by molar-refractivity contribution is 9.09. The summed E-state index contributed by atoms with van der Waals surface area (Å²) in [7, 11) is 0. The van der Waals surface area contributed by atoms with Crippen LogP contribution in [0.4, 0.5) is 0 Å². The maximum Gasteiger partial charge on any atom is 0.248 e. The molecular weight excluding hydrogens is 526 g/mol. The molecule has 3 rings (SSSR count). The fraction of sp³-hybridized carbons (Fsp3) is 0.741. The fourth-order valence-electron chi connectivity index (χ4n) is 6.29. The largest absolute Gasteiger partial charge is 0.394 e. The maximum absolute atomic E-state index is 14.2. The second-order valence-electron chi connectivity index (χ2n) is 10.3. The highest BCUT2D eigenvalue weighted by Gasteiger charge is 2.77. The summed E-state index contributed by atoms with van der Waals surface area (Å²) in [5.41, 5.74) is -1.12. The van der Waals surface area contributed by atoms with Crippen molar-refractivity contribution in [2.24, 2.45) is 11.8 Å². The number of amides is 3. The first-order chi connectivity index (χ1) is 17.2. The number of ether oxygens (including phenoxy) is 1. The number of carbonyl (C=O) groups is 3. The van der Waals surface area contributed by atoms with Crippen molar-refractivity contribution in [1.82, 2.24) is 14.7 Å². The van der Waals surface area contributed by atoms with Gasteiger partial charge in [-0.15, -0.1) is 13.2 Å². The monoisotopic (exact) mass is 567 g/mol. The van der Waals surface area contributed by atoms with Gasteiger partial charge in [-0.2, -0.15) is 0 Å². The molecule has 202 valence electrons. The number of hydrogen-bond acceptors (Lipinski definition) is 5. The Labute approximate surface area is 223 Å². The van der Waals surface area contributed by atoms with Crippen LogP contribution in [-0.2, 0) is 19.1 Å². The Hall–Kier alpha value is -1.71. The summed E-state index contributed by atoms with van der Waals surface area (Å²) in [4.78, 5) is 46.8. The van der Waals surface area contributed by atoms with E-state index in [0.29, 0.717) is 32.6 Å². The van der Waals surface area contributed by atoms with Crippen LogP contribution in [0.3, 0.4) is 0 Å². The number of aliphatic hydroxyl groups is 1. The van der Waals surface area contributed by atoms with Crippen LogP contribution in [0, 0.1) is 11.8 Å². The van der Waals surface area contributed by atoms with Crippen LogP contribution in [0.15, 0.2) is 25.3 Å². The van der Waals surface area contributed by atoms with Crippen molar-refractivity contribution in [3.63, 3.8) is 0 Å². The molecule has 8 nitrogen and oxygen atoms in total. The topological polar surface area (TPSA) is 90.4 Å². The van der Waals surface area contributed by atoms with Crippen LogP contribution < -0.4 is 0 Å². The van der Waals surface area contributed by atoms with Crippen LogP contribution in [-0.4, -0.2) is 98.9 Å². The Morgan fingerprint density at radius 1 is 1.17 bits per heavy atom. The van der Waals surface area contributed by atoms with E-state index in [-0.39, 0.29) is 29.2 Å². The van der Waals surface area contributed by atoms with Crippen molar-refractivity contribution in [1.29, 1.82) is 0 Å². The Balaban J connectivity index is 2.05. The van der Waals surface area contributed by atoms with Crippen molar-refractivity contribution in [2.75, 3.05) is 32.8 Å². The van der Waals surface area contributed by atoms with Crippen LogP contribution in [0.2, 0.25) is 0 Å². The maximum atomic E-state index is 14.2. The van der Waals surface area contributed by atoms with Crippen molar-refractivity contribution < 1.29 is 24.2 Å². The summed E-state index contributed by atoms with van der Waals surface area (Å²) in [6.45, 7) is 15.0. The second kappa shape index (κ2) is 12.2. The molecule has 0 aliphatic carbocycles. The summed E-state index contributed by atoms with van der Waals surface area (Å²) in [5, 5.41) is 10.0. The van der Waals surface area contributed by atoms with Gasteiger partial charge in [0.15, 0.2) is 0 Å². The Morgan fingerprint density at radius 2 is 1.81 bits per heavy atom. The van der Waals surface area contributed by atoms with Gasteiger partial charge < -0.3 is 24.5 Å². The van der Waals surface area contributed by atoms with E-state index in [9.17, 15) is 19.5 Å². The van der Waals surface area contributed by atoms with E-state index >= 15 is 0 Å². The summed E-state index contributed by atoms with van der Waals surface area (Å²) < 4.78 is 6.58. The summed E-state index contributed by atoms with van der Waals surface area (Å²) in [5.74, 6) is -2.08. The number of fused-ring (bicyclic) bond motifs is 1. The Kier molecular flexibility index (Phi) is 9.80. The minimum absolute atomic E-state index is 0.137. The predicted molar refractivity (Wildman–Crippen MR) is 142 cm³/mol. The molecule has 7 atom stereocenters. The molecule has 1 spiro atoms. The third-order valence-corrected chi connectivity index (χ3v) is 8.68. The van der Waals surface area contributed by atoms with Gasteiger partial charge in [0.2, 0.25) is 17.7 Å². The van der Waals surface area contributed by atoms with Gasteiger partial charge in [-0.25, -0.2) is 0 Å². The molecule has 3 aliphatic heterocycles. The van der Waals surface area contributed by atoms with Crippen molar-refractivity contribution in [3.8, 4) is 0 Å². The van der Waals surface area contributed by atoms with Gasteiger partial charge in [-0.3, -0.25) is 14.4 Å². The lowest BCUT2D eigenvalue weighted by Gasteiger charge is -2.38. The molecule has 3 amide bonds. The second-order valence-corrected chi connectivity index (χ2v) is 11.5. The van der Waals surface area contributed by atoms with Crippen molar-refractivity contribution >= 4 is 33.7 Å². The van der Waals surface area contributed by atoms with E-state index in [1.54, 1.807) is 28.9 Å². The Morgan fingerprint density at radius 3 is 2.36 bits per heavy atom. The first kappa shape index (κ1) is 28.9. The average Bonchev–Trinajstić information content (AvgIpc) is 3.45. The van der Waals surface area contributed by atoms with E-state index in [1.165, 1.54) is 4.90 Å². The van der Waals surface area contributed by atoms with E-state index in [0.717, 1.165) is 25.7 Å². The van der Waals surface area contributed by atoms with E-state index in [2.05, 4.69) is 36.0 Å². The number of alkyl halides is 1. The molecular formula is C27H42BrN3O5. The number of nitrogens with zero attached hydrogens (tertiary/aromatic N) is 3. The summed E-state index contributed by atoms with van der Waals surface area (Å²) >= 11 is 3.72. The number of likely N-dealkylation sites (tertiary alicyclic amines) is 1. The minimum atomic E-state index is -1.12. The molecule has 3 saturated heterocycles. The van der Waals surface area contributed by atoms with Gasteiger partial charge in [0.1, 0.15) is 11.6 Å². The SMILES string of the molecule is C=CCN(CCCCC)C(=O)C1N([C@H](C)CO)C(=O)[C@@H]2[C@@H](C(=O)N(CC=C)CCC)[C@@H]3OC12CC3Br. The molecule has 3 heterocycles. The van der Waals surface area contributed by atoms with Crippen LogP contribution in [0.25, 0.3) is 0 Å². The highest BCUT2D eigenvalue weighted by Crippen LogP contribution is 2.60. The smallest absolute Gasteiger partial charge is 0.248 e. The fourth-order valence-corrected chi connectivity index (χ4v) is 7.23. The molecule has 3 unspecified atom stereocenters. The quantitative estimate of drug-likeness (QED) is 0.198. The lowest BCUT2D eigenvalue weighted by Crippen LogP contribution is -2.58. The standard InChI is InChI=1S/C27H42BrN3O5/c1-6-10-11-15-30(14-9-4)26(35)23-27-16-19(28)22(36-27)20(24(33)29(12-7-2)13-8-3)21(27)25(34)31(23)18(5)17-32/h7,9,18-23,32H,2,4,6,8,10-17H2,1,3,5H3/t18-,19?,20-,21+,22-,23?,27?/m1/s1. The molecule has 0 radical (unpaired) electrons. The van der Waals surface area contributed by atoms with Gasteiger partial charge in [0.05, 0.1) is 30.6 Å². The normalized spacial score (nSPS) is 31.3. The lowest BCUT2D eigenvalue weighted by atomic mass is 9.70. The van der Waals surface area contributed by atoms with Crippen LogP contribution in [0.1, 0.15) is 52.9 Å². The summed E-state index contributed by atoms with van der Waals surface area (Å²) in [6, 6.07) is -1.49. The highest BCUT2D eigenvalue weighted by atomic mass is 79.9. The van der Waals surface area contributed by atoms with Crippen LogP contribution >= 0.6 is 15.9 Å². The first-order valence-electron chi connectivity index (χ1n) is 13.3. The van der Waals surface area contributed by atoms with E-state index in [1.807, 2.05) is 6.92 Å². The molecule has 2 bridgehead atoms. The molecule has 9 heteroatoms. The molecule has 0 aromatic heterocycles. The zero-order valence-corrected chi connectivity index (χ0v) is 23.5. The van der Waals surface area contributed by atoms with Gasteiger partial charge in [-0.1, -0.05) is 54.8 Å². The molecule has 1 N–H and O–H groups in total. The molecule has 36 heavy (non-hydrogen) atoms. The van der Waals surface area contributed by atoms with Gasteiger partial charge in [0.25, 0.3) is 0 Å². The van der Waals surface area contributed by atoms with Gasteiger partial charge >= 0.3 is 0 Å². The number of halogens is 1. The number of unbranched alkanes of at least 4 members (excludes halogenated alkanes) is 2. The molecule has 3 aliphatic rings. The third-order valence-electron chi connectivity index (χ3n) is 7.83. The number of aliphatic hydroxyl groups excluding tert-OH is 1. The van der Waals surface area contributed by atoms with Gasteiger partial charge in [0, 0.05) is 31.0 Å². The zero-order chi connectivity index (χ0) is 26.6. The van der Waals surface area contributed by atoms with E-state index < -0.39 is 35.6 Å².